The number of nitrogens with zero attached hydrogens (tertiary/aromatic N) is 2. The van der Waals surface area contributed by atoms with Crippen molar-refractivity contribution in [2.75, 3.05) is 4.90 Å². The molecule has 1 atom stereocenters. The number of carbonyl (C=O) groups is 2. The van der Waals surface area contributed by atoms with Gasteiger partial charge in [-0.25, -0.2) is 0 Å². The Morgan fingerprint density at radius 1 is 0.971 bits per heavy atom. The number of benzene rings is 3. The van der Waals surface area contributed by atoms with Crippen molar-refractivity contribution < 1.29 is 14.5 Å². The molecular weight excluding hydrogens is 428 g/mol. The van der Waals surface area contributed by atoms with Crippen LogP contribution in [0.2, 0.25) is 0 Å². The number of rotatable bonds is 3. The van der Waals surface area contributed by atoms with E-state index in [0.717, 1.165) is 21.9 Å². The second-order valence-corrected chi connectivity index (χ2v) is 10.1. The van der Waals surface area contributed by atoms with Crippen LogP contribution < -0.4 is 4.90 Å². The lowest BCUT2D eigenvalue weighted by Gasteiger charge is -2.43. The number of nitro groups is 1. The maximum absolute atomic E-state index is 13.7. The van der Waals surface area contributed by atoms with Gasteiger partial charge in [0.15, 0.2) is 5.78 Å². The van der Waals surface area contributed by atoms with Crippen molar-refractivity contribution in [2.24, 2.45) is 5.41 Å². The normalized spacial score (nSPS) is 20.0. The van der Waals surface area contributed by atoms with Crippen molar-refractivity contribution in [1.29, 1.82) is 0 Å². The average Bonchev–Trinajstić information content (AvgIpc) is 2.78. The Balaban J connectivity index is 1.71. The molecule has 0 bridgehead atoms. The number of ketones is 1. The van der Waals surface area contributed by atoms with Gasteiger partial charge in [-0.3, -0.25) is 24.6 Å². The molecule has 0 radical (unpaired) electrons. The number of aryl methyl sites for hydroxylation is 1. The molecule has 1 heterocycles. The summed E-state index contributed by atoms with van der Waals surface area (Å²) in [5, 5.41) is 13.6. The third kappa shape index (κ3) is 3.69. The first-order valence-electron chi connectivity index (χ1n) is 11.5. The van der Waals surface area contributed by atoms with E-state index in [9.17, 15) is 19.7 Å². The number of anilines is 1. The maximum atomic E-state index is 13.7. The van der Waals surface area contributed by atoms with E-state index in [2.05, 4.69) is 6.07 Å². The van der Waals surface area contributed by atoms with Crippen LogP contribution in [0.25, 0.3) is 10.8 Å². The van der Waals surface area contributed by atoms with Crippen LogP contribution in [0.5, 0.6) is 0 Å². The van der Waals surface area contributed by atoms with Crippen LogP contribution in [-0.2, 0) is 9.59 Å². The first kappa shape index (κ1) is 22.0. The topological polar surface area (TPSA) is 80.5 Å². The first-order valence-corrected chi connectivity index (χ1v) is 11.5. The number of non-ortho nitro benzene ring substituents is 1. The molecule has 1 aliphatic heterocycles. The van der Waals surface area contributed by atoms with Gasteiger partial charge < -0.3 is 0 Å². The summed E-state index contributed by atoms with van der Waals surface area (Å²) in [6.45, 7) is 5.88. The first-order chi connectivity index (χ1) is 16.1. The monoisotopic (exact) mass is 454 g/mol. The zero-order valence-electron chi connectivity index (χ0n) is 19.5. The number of fused-ring (bicyclic) bond motifs is 1. The summed E-state index contributed by atoms with van der Waals surface area (Å²) < 4.78 is 0. The summed E-state index contributed by atoms with van der Waals surface area (Å²) >= 11 is 0. The Morgan fingerprint density at radius 3 is 2.44 bits per heavy atom. The highest BCUT2D eigenvalue weighted by atomic mass is 16.6. The Hall–Kier alpha value is -3.80. The summed E-state index contributed by atoms with van der Waals surface area (Å²) in [7, 11) is 0. The van der Waals surface area contributed by atoms with Gasteiger partial charge in [-0.2, -0.15) is 0 Å². The van der Waals surface area contributed by atoms with Crippen LogP contribution in [0.1, 0.15) is 50.2 Å². The molecule has 2 aliphatic rings. The van der Waals surface area contributed by atoms with Gasteiger partial charge in [0.1, 0.15) is 0 Å². The SMILES string of the molecule is Cc1ccc([N+](=O)[O-])cc1N1C(=O)CC(c2ccc3ccccc3c2)C2=C1CC(C)(C)CC2=O. The lowest BCUT2D eigenvalue weighted by molar-refractivity contribution is -0.384. The van der Waals surface area contributed by atoms with Crippen molar-refractivity contribution in [3.8, 4) is 0 Å². The number of allylic oxidation sites excluding steroid dienone is 2. The van der Waals surface area contributed by atoms with Gasteiger partial charge in [-0.05, 0) is 40.7 Å². The minimum Gasteiger partial charge on any atom is -0.294 e. The van der Waals surface area contributed by atoms with Crippen molar-refractivity contribution >= 4 is 33.8 Å². The minimum absolute atomic E-state index is 0.0463. The number of Topliss-reactive ketones (excluding diaryl/α,β-unsaturated/α-hetero) is 1. The lowest BCUT2D eigenvalue weighted by atomic mass is 9.69. The zero-order chi connectivity index (χ0) is 24.2. The summed E-state index contributed by atoms with van der Waals surface area (Å²) in [6.07, 6.45) is 1.10. The van der Waals surface area contributed by atoms with Gasteiger partial charge in [0, 0.05) is 42.2 Å². The van der Waals surface area contributed by atoms with E-state index in [1.807, 2.05) is 57.2 Å². The van der Waals surface area contributed by atoms with Crippen molar-refractivity contribution in [3.05, 3.63) is 93.2 Å². The standard InChI is InChI=1S/C28H26N2O4/c1-17-8-11-21(30(33)34)13-23(17)29-24-15-28(2,3)16-25(31)27(24)22(14-26(29)32)20-10-9-18-6-4-5-7-19(18)12-20/h4-13,22H,14-16H2,1-3H3. The number of hydrogen-bond donors (Lipinski definition) is 0. The molecule has 34 heavy (non-hydrogen) atoms. The third-order valence-corrected chi connectivity index (χ3v) is 6.96. The minimum atomic E-state index is -0.458. The maximum Gasteiger partial charge on any atom is 0.271 e. The van der Waals surface area contributed by atoms with E-state index in [0.29, 0.717) is 29.8 Å². The fourth-order valence-electron chi connectivity index (χ4n) is 5.36. The molecule has 1 amide bonds. The molecule has 3 aromatic carbocycles. The fraction of sp³-hybridized carbons (Fsp3) is 0.286. The lowest BCUT2D eigenvalue weighted by Crippen LogP contribution is -2.44. The molecule has 172 valence electrons. The smallest absolute Gasteiger partial charge is 0.271 e. The Labute approximate surface area is 198 Å². The van der Waals surface area contributed by atoms with Crippen LogP contribution in [0.3, 0.4) is 0 Å². The molecule has 0 spiro atoms. The summed E-state index contributed by atoms with van der Waals surface area (Å²) in [4.78, 5) is 39.8. The molecule has 6 nitrogen and oxygen atoms in total. The van der Waals surface area contributed by atoms with Gasteiger partial charge in [-0.15, -0.1) is 0 Å². The average molecular weight is 455 g/mol. The number of amides is 1. The largest absolute Gasteiger partial charge is 0.294 e. The van der Waals surface area contributed by atoms with E-state index in [4.69, 9.17) is 0 Å². The van der Waals surface area contributed by atoms with E-state index in [1.54, 1.807) is 11.0 Å². The van der Waals surface area contributed by atoms with Crippen LogP contribution in [0, 0.1) is 22.5 Å². The molecule has 0 fully saturated rings. The van der Waals surface area contributed by atoms with Gasteiger partial charge in [0.05, 0.1) is 10.6 Å². The zero-order valence-corrected chi connectivity index (χ0v) is 19.5. The van der Waals surface area contributed by atoms with Gasteiger partial charge in [0.25, 0.3) is 5.69 Å². The van der Waals surface area contributed by atoms with E-state index in [1.165, 1.54) is 12.1 Å². The summed E-state index contributed by atoms with van der Waals surface area (Å²) in [6, 6.07) is 18.7. The Bertz CT molecular complexity index is 1400. The summed E-state index contributed by atoms with van der Waals surface area (Å²) in [5.74, 6) is -0.429. The molecule has 3 aromatic rings. The number of nitro benzene ring substituents is 1. The predicted octanol–water partition coefficient (Wildman–Crippen LogP) is 6.22. The highest BCUT2D eigenvalue weighted by Gasteiger charge is 2.44. The van der Waals surface area contributed by atoms with Gasteiger partial charge >= 0.3 is 0 Å². The molecule has 6 heteroatoms. The quantitative estimate of drug-likeness (QED) is 0.348. The Kier molecular flexibility index (Phi) is 5.12. The highest BCUT2D eigenvalue weighted by molar-refractivity contribution is 6.08. The molecule has 0 saturated carbocycles. The van der Waals surface area contributed by atoms with Crippen molar-refractivity contribution in [1.82, 2.24) is 0 Å². The van der Waals surface area contributed by atoms with Crippen LogP contribution >= 0.6 is 0 Å². The van der Waals surface area contributed by atoms with Crippen LogP contribution in [0.4, 0.5) is 11.4 Å². The Morgan fingerprint density at radius 2 is 1.71 bits per heavy atom. The van der Waals surface area contributed by atoms with Crippen LogP contribution in [0.15, 0.2) is 71.9 Å². The molecule has 5 rings (SSSR count). The van der Waals surface area contributed by atoms with Gasteiger partial charge in [0.2, 0.25) is 5.91 Å². The summed E-state index contributed by atoms with van der Waals surface area (Å²) in [5.41, 5.74) is 3.14. The van der Waals surface area contributed by atoms with E-state index >= 15 is 0 Å². The second-order valence-electron chi connectivity index (χ2n) is 10.1. The molecule has 1 unspecified atom stereocenters. The van der Waals surface area contributed by atoms with E-state index < -0.39 is 4.92 Å². The molecule has 0 saturated heterocycles. The van der Waals surface area contributed by atoms with Crippen molar-refractivity contribution in [3.63, 3.8) is 0 Å². The number of hydrogen-bond acceptors (Lipinski definition) is 4. The second kappa shape index (κ2) is 7.90. The molecular formula is C28H26N2O4. The highest BCUT2D eigenvalue weighted by Crippen LogP contribution is 2.49. The fourth-order valence-corrected chi connectivity index (χ4v) is 5.36. The number of carbonyl (C=O) groups excluding carboxylic acids is 2. The van der Waals surface area contributed by atoms with Gasteiger partial charge in [-0.1, -0.05) is 62.4 Å². The van der Waals surface area contributed by atoms with E-state index in [-0.39, 0.29) is 35.1 Å². The third-order valence-electron chi connectivity index (χ3n) is 6.96. The molecule has 1 aliphatic carbocycles. The van der Waals surface area contributed by atoms with Crippen LogP contribution in [-0.4, -0.2) is 16.6 Å². The predicted molar refractivity (Wildman–Crippen MR) is 132 cm³/mol. The van der Waals surface area contributed by atoms with Crippen molar-refractivity contribution in [2.45, 2.75) is 46.0 Å². The molecule has 0 N–H and O–H groups in total. The molecule has 0 aromatic heterocycles.